The molecule has 1 aromatic carbocycles. The van der Waals surface area contributed by atoms with Gasteiger partial charge in [-0.15, -0.1) is 0 Å². The van der Waals surface area contributed by atoms with Crippen LogP contribution < -0.4 is 0 Å². The average molecular weight is 368 g/mol. The molecule has 0 spiro atoms. The van der Waals surface area contributed by atoms with Crippen molar-refractivity contribution in [3.05, 3.63) is 65.8 Å². The molecule has 138 valence electrons. The number of carbonyl (C=O) groups is 2. The molecule has 3 heterocycles. The Morgan fingerprint density at radius 1 is 1.15 bits per heavy atom. The number of nitrogens with zero attached hydrogens (tertiary/aromatic N) is 2. The van der Waals surface area contributed by atoms with E-state index in [1.807, 2.05) is 0 Å². The second-order valence-electron chi connectivity index (χ2n) is 6.49. The van der Waals surface area contributed by atoms with Gasteiger partial charge in [-0.25, -0.2) is 4.39 Å². The number of likely N-dealkylation sites (tertiary alicyclic amines) is 1. The number of halogens is 1. The van der Waals surface area contributed by atoms with Gasteiger partial charge in [-0.05, 0) is 37.1 Å². The maximum absolute atomic E-state index is 13.9. The van der Waals surface area contributed by atoms with Crippen LogP contribution in [0.3, 0.4) is 0 Å². The molecule has 1 aliphatic heterocycles. The molecule has 4 rings (SSSR count). The normalized spacial score (nSPS) is 17.1. The third-order valence-corrected chi connectivity index (χ3v) is 4.71. The molecular weight excluding hydrogens is 351 g/mol. The number of aromatic nitrogens is 1. The summed E-state index contributed by atoms with van der Waals surface area (Å²) in [6.45, 7) is 0.748. The maximum Gasteiger partial charge on any atom is 0.276 e. The van der Waals surface area contributed by atoms with Crippen molar-refractivity contribution in [1.82, 2.24) is 10.1 Å². The minimum atomic E-state index is -0.537. The van der Waals surface area contributed by atoms with Gasteiger partial charge in [0.05, 0.1) is 11.8 Å². The fourth-order valence-electron chi connectivity index (χ4n) is 3.33. The van der Waals surface area contributed by atoms with Crippen LogP contribution >= 0.6 is 0 Å². The number of benzene rings is 1. The molecule has 1 aliphatic rings. The van der Waals surface area contributed by atoms with Gasteiger partial charge in [-0.3, -0.25) is 9.59 Å². The van der Waals surface area contributed by atoms with E-state index in [1.54, 1.807) is 29.2 Å². The minimum absolute atomic E-state index is 0.0679. The highest BCUT2D eigenvalue weighted by molar-refractivity contribution is 5.99. The van der Waals surface area contributed by atoms with Crippen LogP contribution in [-0.2, 0) is 0 Å². The predicted molar refractivity (Wildman–Crippen MR) is 93.6 cm³/mol. The Bertz CT molecular complexity index is 964. The van der Waals surface area contributed by atoms with Gasteiger partial charge in [-0.2, -0.15) is 0 Å². The van der Waals surface area contributed by atoms with E-state index in [2.05, 4.69) is 5.16 Å². The second-order valence-corrected chi connectivity index (χ2v) is 6.49. The van der Waals surface area contributed by atoms with E-state index in [-0.39, 0.29) is 29.5 Å². The smallest absolute Gasteiger partial charge is 0.276 e. The Morgan fingerprint density at radius 2 is 2.00 bits per heavy atom. The number of hydrogen-bond donors (Lipinski definition) is 0. The molecule has 0 aliphatic carbocycles. The number of amides is 1. The first-order valence-electron chi connectivity index (χ1n) is 8.72. The lowest BCUT2D eigenvalue weighted by atomic mass is 9.89. The van der Waals surface area contributed by atoms with Gasteiger partial charge >= 0.3 is 0 Å². The molecule has 0 unspecified atom stereocenters. The largest absolute Gasteiger partial charge is 0.461 e. The van der Waals surface area contributed by atoms with Crippen molar-refractivity contribution in [2.75, 3.05) is 13.1 Å². The Balaban J connectivity index is 1.49. The van der Waals surface area contributed by atoms with Crippen molar-refractivity contribution >= 4 is 11.7 Å². The fraction of sp³-hybridized carbons (Fsp3) is 0.250. The highest BCUT2D eigenvalue weighted by Gasteiger charge is 2.31. The summed E-state index contributed by atoms with van der Waals surface area (Å²) in [5.74, 6) is -0.724. The van der Waals surface area contributed by atoms with Crippen molar-refractivity contribution in [3.63, 3.8) is 0 Å². The lowest BCUT2D eigenvalue weighted by molar-refractivity contribution is 0.0627. The number of Topliss-reactive ketones (excluding diaryl/α,β-unsaturated/α-hetero) is 1. The molecule has 2 aromatic heterocycles. The zero-order chi connectivity index (χ0) is 18.8. The predicted octanol–water partition coefficient (Wildman–Crippen LogP) is 3.81. The van der Waals surface area contributed by atoms with Crippen LogP contribution in [0.1, 0.15) is 33.7 Å². The first kappa shape index (κ1) is 17.2. The summed E-state index contributed by atoms with van der Waals surface area (Å²) in [6.07, 6.45) is 2.79. The van der Waals surface area contributed by atoms with Gasteiger partial charge < -0.3 is 13.8 Å². The molecule has 6 nitrogen and oxygen atoms in total. The van der Waals surface area contributed by atoms with E-state index in [1.165, 1.54) is 24.5 Å². The topological polar surface area (TPSA) is 76.6 Å². The van der Waals surface area contributed by atoms with Crippen LogP contribution in [0.25, 0.3) is 11.5 Å². The lowest BCUT2D eigenvalue weighted by Crippen LogP contribution is -2.42. The van der Waals surface area contributed by atoms with Gasteiger partial charge in [0.2, 0.25) is 5.76 Å². The Hall–Kier alpha value is -3.22. The van der Waals surface area contributed by atoms with Crippen LogP contribution in [0.15, 0.2) is 57.7 Å². The molecule has 0 N–H and O–H groups in total. The summed E-state index contributed by atoms with van der Waals surface area (Å²) in [6, 6.07) is 10.9. The van der Waals surface area contributed by atoms with E-state index >= 15 is 0 Å². The van der Waals surface area contributed by atoms with Gasteiger partial charge in [0.25, 0.3) is 5.91 Å². The van der Waals surface area contributed by atoms with E-state index in [0.717, 1.165) is 0 Å². The van der Waals surface area contributed by atoms with Crippen LogP contribution in [0, 0.1) is 11.7 Å². The molecule has 1 atom stereocenters. The van der Waals surface area contributed by atoms with E-state index < -0.39 is 11.7 Å². The fourth-order valence-corrected chi connectivity index (χ4v) is 3.33. The number of ketones is 1. The molecule has 0 bridgehead atoms. The summed E-state index contributed by atoms with van der Waals surface area (Å²) < 4.78 is 24.3. The minimum Gasteiger partial charge on any atom is -0.461 e. The SMILES string of the molecule is O=C(c1ccccc1F)[C@H]1CCCN(C(=O)c2cc(-c3ccco3)on2)C1. The number of furan rings is 1. The molecule has 1 fully saturated rings. The number of hydrogen-bond acceptors (Lipinski definition) is 5. The third kappa shape index (κ3) is 3.40. The van der Waals surface area contributed by atoms with Crippen LogP contribution in [-0.4, -0.2) is 34.8 Å². The summed E-state index contributed by atoms with van der Waals surface area (Å²) in [5, 5.41) is 3.82. The molecule has 1 amide bonds. The molecule has 1 saturated heterocycles. The van der Waals surface area contributed by atoms with Crippen LogP contribution in [0.2, 0.25) is 0 Å². The monoisotopic (exact) mass is 368 g/mol. The molecule has 27 heavy (non-hydrogen) atoms. The highest BCUT2D eigenvalue weighted by Crippen LogP contribution is 2.25. The van der Waals surface area contributed by atoms with E-state index in [9.17, 15) is 14.0 Å². The number of piperidine rings is 1. The summed E-state index contributed by atoms with van der Waals surface area (Å²) >= 11 is 0. The molecule has 7 heteroatoms. The first-order chi connectivity index (χ1) is 13.1. The molecule has 0 saturated carbocycles. The Labute approximate surface area is 154 Å². The van der Waals surface area contributed by atoms with Gasteiger partial charge in [-0.1, -0.05) is 17.3 Å². The standard InChI is InChI=1S/C20H17FN2O4/c21-15-7-2-1-6-14(15)19(24)13-5-3-9-23(12-13)20(25)16-11-18(27-22-16)17-8-4-10-26-17/h1-2,4,6-8,10-11,13H,3,5,9,12H2/t13-/m0/s1. The Morgan fingerprint density at radius 3 is 2.78 bits per heavy atom. The van der Waals surface area contributed by atoms with Crippen molar-refractivity contribution in [2.24, 2.45) is 5.92 Å². The highest BCUT2D eigenvalue weighted by atomic mass is 19.1. The quantitative estimate of drug-likeness (QED) is 0.655. The summed E-state index contributed by atoms with van der Waals surface area (Å²) in [5.41, 5.74) is 0.221. The van der Waals surface area contributed by atoms with E-state index in [4.69, 9.17) is 8.94 Å². The van der Waals surface area contributed by atoms with Crippen molar-refractivity contribution in [3.8, 4) is 11.5 Å². The van der Waals surface area contributed by atoms with Gasteiger partial charge in [0.1, 0.15) is 5.82 Å². The third-order valence-electron chi connectivity index (χ3n) is 4.71. The maximum atomic E-state index is 13.9. The van der Waals surface area contributed by atoms with Crippen LogP contribution in [0.5, 0.6) is 0 Å². The first-order valence-corrected chi connectivity index (χ1v) is 8.72. The molecular formula is C20H17FN2O4. The Kier molecular flexibility index (Phi) is 4.58. The zero-order valence-electron chi connectivity index (χ0n) is 14.4. The average Bonchev–Trinajstić information content (AvgIpc) is 3.39. The number of carbonyl (C=O) groups excluding carboxylic acids is 2. The zero-order valence-corrected chi connectivity index (χ0v) is 14.4. The van der Waals surface area contributed by atoms with Gasteiger partial charge in [0.15, 0.2) is 17.2 Å². The van der Waals surface area contributed by atoms with Crippen molar-refractivity contribution in [1.29, 1.82) is 0 Å². The molecule has 3 aromatic rings. The lowest BCUT2D eigenvalue weighted by Gasteiger charge is -2.31. The summed E-state index contributed by atoms with van der Waals surface area (Å²) in [4.78, 5) is 27.0. The van der Waals surface area contributed by atoms with Crippen molar-refractivity contribution < 1.29 is 22.9 Å². The second kappa shape index (κ2) is 7.19. The molecule has 0 radical (unpaired) electrons. The van der Waals surface area contributed by atoms with Gasteiger partial charge in [0, 0.05) is 25.1 Å². The summed E-state index contributed by atoms with van der Waals surface area (Å²) in [7, 11) is 0. The van der Waals surface area contributed by atoms with Crippen molar-refractivity contribution in [2.45, 2.75) is 12.8 Å². The van der Waals surface area contributed by atoms with Crippen LogP contribution in [0.4, 0.5) is 4.39 Å². The number of rotatable bonds is 4. The van der Waals surface area contributed by atoms with E-state index in [0.29, 0.717) is 30.9 Å².